The van der Waals surface area contributed by atoms with Gasteiger partial charge in [-0.05, 0) is 12.8 Å². The van der Waals surface area contributed by atoms with E-state index in [4.69, 9.17) is 0 Å². The lowest BCUT2D eigenvalue weighted by atomic mass is 10.0. The first-order valence-electron chi connectivity index (χ1n) is 4.10. The summed E-state index contributed by atoms with van der Waals surface area (Å²) in [6.07, 6.45) is 1.44. The monoisotopic (exact) mass is 172 g/mol. The highest BCUT2D eigenvalue weighted by molar-refractivity contribution is 5.77. The highest BCUT2D eigenvalue weighted by atomic mass is 16.3. The van der Waals surface area contributed by atoms with Crippen LogP contribution in [0.25, 0.3) is 0 Å². The minimum Gasteiger partial charge on any atom is -0.349 e. The van der Waals surface area contributed by atoms with Crippen LogP contribution < -0.4 is 0 Å². The van der Waals surface area contributed by atoms with Crippen molar-refractivity contribution in [1.29, 1.82) is 0 Å². The molecule has 0 aliphatic rings. The maximum Gasteiger partial charge on any atom is 0.224 e. The minimum atomic E-state index is 0.00162. The zero-order chi connectivity index (χ0) is 9.56. The molecule has 4 nitrogen and oxygen atoms in total. The van der Waals surface area contributed by atoms with Crippen LogP contribution in [0, 0.1) is 10.8 Å². The van der Waals surface area contributed by atoms with Crippen LogP contribution >= 0.6 is 0 Å². The SMILES string of the molecule is C[C@H](CCCN=O)C(=O)N(C)C. The molecule has 0 aliphatic heterocycles. The number of carbonyl (C=O) groups is 1. The van der Waals surface area contributed by atoms with E-state index < -0.39 is 0 Å². The molecule has 0 N–H and O–H groups in total. The first kappa shape index (κ1) is 11.1. The van der Waals surface area contributed by atoms with Gasteiger partial charge in [-0.1, -0.05) is 12.1 Å². The highest BCUT2D eigenvalue weighted by Gasteiger charge is 2.13. The molecule has 0 aromatic heterocycles. The Morgan fingerprint density at radius 3 is 2.50 bits per heavy atom. The quantitative estimate of drug-likeness (QED) is 0.463. The van der Waals surface area contributed by atoms with E-state index in [1.54, 1.807) is 19.0 Å². The summed E-state index contributed by atoms with van der Waals surface area (Å²) in [7, 11) is 3.47. The molecule has 1 atom stereocenters. The Hall–Kier alpha value is -0.930. The zero-order valence-corrected chi connectivity index (χ0v) is 7.91. The molecule has 0 aromatic rings. The second-order valence-electron chi connectivity index (χ2n) is 3.13. The average Bonchev–Trinajstić information content (AvgIpc) is 2.03. The van der Waals surface area contributed by atoms with Gasteiger partial charge in [-0.2, -0.15) is 4.91 Å². The van der Waals surface area contributed by atoms with Gasteiger partial charge in [0, 0.05) is 20.0 Å². The second-order valence-corrected chi connectivity index (χ2v) is 3.13. The molecule has 0 fully saturated rings. The summed E-state index contributed by atoms with van der Waals surface area (Å²) in [4.78, 5) is 22.6. The molecule has 0 spiro atoms. The average molecular weight is 172 g/mol. The molecular formula is C8H16N2O2. The molecule has 0 rings (SSSR count). The van der Waals surface area contributed by atoms with Gasteiger partial charge < -0.3 is 4.90 Å². The molecule has 0 saturated carbocycles. The topological polar surface area (TPSA) is 49.7 Å². The third kappa shape index (κ3) is 4.05. The number of rotatable bonds is 5. The standard InChI is InChI=1S/C8H16N2O2/c1-7(5-4-6-9-12)8(11)10(2)3/h7H,4-6H2,1-3H3/t7-/m1/s1. The lowest BCUT2D eigenvalue weighted by Crippen LogP contribution is -2.27. The Morgan fingerprint density at radius 1 is 1.50 bits per heavy atom. The number of amides is 1. The Bertz CT molecular complexity index is 157. The fourth-order valence-electron chi connectivity index (χ4n) is 1.03. The van der Waals surface area contributed by atoms with Crippen molar-refractivity contribution >= 4 is 5.91 Å². The van der Waals surface area contributed by atoms with E-state index in [-0.39, 0.29) is 11.8 Å². The number of nitroso groups, excluding NO2 is 1. The summed E-state index contributed by atoms with van der Waals surface area (Å²) in [6.45, 7) is 2.18. The van der Waals surface area contributed by atoms with Gasteiger partial charge in [0.2, 0.25) is 5.91 Å². The molecule has 0 bridgehead atoms. The van der Waals surface area contributed by atoms with Gasteiger partial charge in [0.05, 0.1) is 6.54 Å². The lowest BCUT2D eigenvalue weighted by Gasteiger charge is -2.15. The minimum absolute atomic E-state index is 0.00162. The zero-order valence-electron chi connectivity index (χ0n) is 7.91. The molecule has 4 heteroatoms. The van der Waals surface area contributed by atoms with E-state index in [9.17, 15) is 9.70 Å². The van der Waals surface area contributed by atoms with Crippen LogP contribution in [0.2, 0.25) is 0 Å². The van der Waals surface area contributed by atoms with Crippen molar-refractivity contribution in [3.05, 3.63) is 4.91 Å². The van der Waals surface area contributed by atoms with Crippen molar-refractivity contribution in [1.82, 2.24) is 4.90 Å². The second kappa shape index (κ2) is 5.69. The molecule has 70 valence electrons. The summed E-state index contributed by atoms with van der Waals surface area (Å²) in [5.74, 6) is 0.114. The summed E-state index contributed by atoms with van der Waals surface area (Å²) in [5, 5.41) is 2.74. The number of carbonyl (C=O) groups excluding carboxylic acids is 1. The molecule has 0 saturated heterocycles. The predicted octanol–water partition coefficient (Wildman–Crippen LogP) is 1.26. The highest BCUT2D eigenvalue weighted by Crippen LogP contribution is 2.07. The van der Waals surface area contributed by atoms with Gasteiger partial charge in [-0.3, -0.25) is 4.79 Å². The van der Waals surface area contributed by atoms with E-state index in [2.05, 4.69) is 5.18 Å². The van der Waals surface area contributed by atoms with Crippen LogP contribution in [0.5, 0.6) is 0 Å². The largest absolute Gasteiger partial charge is 0.349 e. The van der Waals surface area contributed by atoms with Crippen LogP contribution in [-0.2, 0) is 4.79 Å². The molecule has 0 aliphatic carbocycles. The third-order valence-electron chi connectivity index (χ3n) is 1.75. The van der Waals surface area contributed by atoms with Crippen LogP contribution in [-0.4, -0.2) is 31.4 Å². The molecule has 0 unspecified atom stereocenters. The molecular weight excluding hydrogens is 156 g/mol. The molecule has 0 aromatic carbocycles. The summed E-state index contributed by atoms with van der Waals surface area (Å²) < 4.78 is 0. The molecule has 0 heterocycles. The summed E-state index contributed by atoms with van der Waals surface area (Å²) in [5.41, 5.74) is 0. The van der Waals surface area contributed by atoms with Crippen molar-refractivity contribution in [3.8, 4) is 0 Å². The Labute approximate surface area is 72.9 Å². The van der Waals surface area contributed by atoms with Crippen molar-refractivity contribution in [2.75, 3.05) is 20.6 Å². The number of nitrogens with zero attached hydrogens (tertiary/aromatic N) is 2. The maximum atomic E-state index is 11.3. The maximum absolute atomic E-state index is 11.3. The molecule has 12 heavy (non-hydrogen) atoms. The van der Waals surface area contributed by atoms with Gasteiger partial charge >= 0.3 is 0 Å². The first-order valence-corrected chi connectivity index (χ1v) is 4.10. The fourth-order valence-corrected chi connectivity index (χ4v) is 1.03. The van der Waals surface area contributed by atoms with Crippen molar-refractivity contribution in [3.63, 3.8) is 0 Å². The van der Waals surface area contributed by atoms with E-state index in [1.807, 2.05) is 6.92 Å². The Morgan fingerprint density at radius 2 is 2.08 bits per heavy atom. The van der Waals surface area contributed by atoms with Gasteiger partial charge in [-0.25, -0.2) is 0 Å². The van der Waals surface area contributed by atoms with Gasteiger partial charge in [-0.15, -0.1) is 0 Å². The molecule has 0 radical (unpaired) electrons. The lowest BCUT2D eigenvalue weighted by molar-refractivity contribution is -0.132. The van der Waals surface area contributed by atoms with E-state index in [1.165, 1.54) is 0 Å². The number of hydrogen-bond donors (Lipinski definition) is 0. The van der Waals surface area contributed by atoms with Crippen LogP contribution in [0.3, 0.4) is 0 Å². The van der Waals surface area contributed by atoms with Gasteiger partial charge in [0.15, 0.2) is 0 Å². The van der Waals surface area contributed by atoms with E-state index in [0.29, 0.717) is 13.0 Å². The van der Waals surface area contributed by atoms with E-state index in [0.717, 1.165) is 6.42 Å². The smallest absolute Gasteiger partial charge is 0.224 e. The Kier molecular flexibility index (Phi) is 5.25. The van der Waals surface area contributed by atoms with Crippen molar-refractivity contribution < 1.29 is 4.79 Å². The van der Waals surface area contributed by atoms with Crippen LogP contribution in [0.1, 0.15) is 19.8 Å². The summed E-state index contributed by atoms with van der Waals surface area (Å²) >= 11 is 0. The predicted molar refractivity (Wildman–Crippen MR) is 47.8 cm³/mol. The Balaban J connectivity index is 3.64. The van der Waals surface area contributed by atoms with Crippen molar-refractivity contribution in [2.45, 2.75) is 19.8 Å². The van der Waals surface area contributed by atoms with Crippen LogP contribution in [0.15, 0.2) is 5.18 Å². The fraction of sp³-hybridized carbons (Fsp3) is 0.875. The number of hydrogen-bond acceptors (Lipinski definition) is 3. The summed E-state index contributed by atoms with van der Waals surface area (Å²) in [6, 6.07) is 0. The van der Waals surface area contributed by atoms with Gasteiger partial charge in [0.25, 0.3) is 0 Å². The normalized spacial score (nSPS) is 12.2. The molecule has 1 amide bonds. The van der Waals surface area contributed by atoms with E-state index >= 15 is 0 Å². The first-order chi connectivity index (χ1) is 5.59. The van der Waals surface area contributed by atoms with Crippen LogP contribution in [0.4, 0.5) is 0 Å². The van der Waals surface area contributed by atoms with Gasteiger partial charge in [0.1, 0.15) is 0 Å². The third-order valence-corrected chi connectivity index (χ3v) is 1.75. The van der Waals surface area contributed by atoms with Crippen molar-refractivity contribution in [2.24, 2.45) is 11.1 Å².